The summed E-state index contributed by atoms with van der Waals surface area (Å²) >= 11 is 0. The van der Waals surface area contributed by atoms with Crippen LogP contribution in [0.2, 0.25) is 0 Å². The third kappa shape index (κ3) is 4.65. The van der Waals surface area contributed by atoms with Gasteiger partial charge in [-0.3, -0.25) is 4.90 Å². The van der Waals surface area contributed by atoms with Crippen LogP contribution in [0.3, 0.4) is 0 Å². The Morgan fingerprint density at radius 3 is 2.27 bits per heavy atom. The Balaban J connectivity index is 1.66. The highest BCUT2D eigenvalue weighted by atomic mass is 16.5. The molecule has 0 saturated heterocycles. The Labute approximate surface area is 215 Å². The Morgan fingerprint density at radius 2 is 1.65 bits per heavy atom. The molecular weight excluding hydrogens is 468 g/mol. The number of aromatic nitrogens is 2. The van der Waals surface area contributed by atoms with Crippen LogP contribution in [0.1, 0.15) is 36.9 Å². The summed E-state index contributed by atoms with van der Waals surface area (Å²) in [6.07, 6.45) is 0.925. The van der Waals surface area contributed by atoms with Crippen LogP contribution in [-0.4, -0.2) is 30.4 Å². The van der Waals surface area contributed by atoms with E-state index < -0.39 is 6.04 Å². The first-order chi connectivity index (χ1) is 18.0. The van der Waals surface area contributed by atoms with E-state index in [9.17, 15) is 4.79 Å². The maximum Gasteiger partial charge on any atom is 0.327 e. The summed E-state index contributed by atoms with van der Waals surface area (Å²) in [6, 6.07) is 22.4. The molecule has 1 aromatic heterocycles. The van der Waals surface area contributed by atoms with Crippen molar-refractivity contribution in [2.75, 3.05) is 19.1 Å². The zero-order chi connectivity index (χ0) is 25.9. The van der Waals surface area contributed by atoms with Gasteiger partial charge in [-0.25, -0.2) is 4.79 Å². The number of aryl methyl sites for hydroxylation is 1. The molecule has 0 aliphatic carbocycles. The van der Waals surface area contributed by atoms with E-state index in [0.717, 1.165) is 17.5 Å². The maximum absolute atomic E-state index is 13.5. The minimum atomic E-state index is -0.480. The van der Waals surface area contributed by atoms with Crippen LogP contribution in [0.25, 0.3) is 17.0 Å². The van der Waals surface area contributed by atoms with Gasteiger partial charge in [0.15, 0.2) is 0 Å². The SMILES string of the molecule is CCc1ccc(C2NC(=O)N(c3cc(OC)cc(OC)c3)C(C)=C2c2nc(-c3ccccc3)no2)cc1. The standard InChI is InChI=1S/C29H28N4O4/c1-5-19-11-13-20(14-12-19)26-25(28-31-27(32-37-28)21-9-7-6-8-10-21)18(2)33(29(34)30-26)22-15-23(35-3)17-24(16-22)36-4/h6-17,26H,5H2,1-4H3,(H,30,34). The number of carbonyl (C=O) groups excluding carboxylic acids is 1. The molecule has 1 unspecified atom stereocenters. The number of allylic oxidation sites excluding steroid dienone is 1. The minimum Gasteiger partial charge on any atom is -0.497 e. The second-order valence-corrected chi connectivity index (χ2v) is 8.67. The largest absolute Gasteiger partial charge is 0.497 e. The number of amides is 2. The van der Waals surface area contributed by atoms with Crippen molar-refractivity contribution in [1.82, 2.24) is 15.5 Å². The van der Waals surface area contributed by atoms with Crippen LogP contribution >= 0.6 is 0 Å². The highest BCUT2D eigenvalue weighted by Crippen LogP contribution is 2.40. The first-order valence-corrected chi connectivity index (χ1v) is 12.0. The van der Waals surface area contributed by atoms with Crippen LogP contribution < -0.4 is 19.7 Å². The molecule has 0 saturated carbocycles. The topological polar surface area (TPSA) is 89.7 Å². The van der Waals surface area contributed by atoms with E-state index in [1.165, 1.54) is 5.56 Å². The monoisotopic (exact) mass is 496 g/mol. The molecule has 2 amide bonds. The predicted molar refractivity (Wildman–Crippen MR) is 141 cm³/mol. The van der Waals surface area contributed by atoms with Gasteiger partial charge in [0.2, 0.25) is 5.82 Å². The van der Waals surface area contributed by atoms with E-state index in [-0.39, 0.29) is 6.03 Å². The Hall–Kier alpha value is -4.59. The lowest BCUT2D eigenvalue weighted by atomic mass is 9.93. The lowest BCUT2D eigenvalue weighted by Gasteiger charge is -2.35. The maximum atomic E-state index is 13.5. The van der Waals surface area contributed by atoms with Crippen LogP contribution in [0.4, 0.5) is 10.5 Å². The molecule has 0 spiro atoms. The third-order valence-corrected chi connectivity index (χ3v) is 6.49. The second-order valence-electron chi connectivity index (χ2n) is 8.67. The highest BCUT2D eigenvalue weighted by molar-refractivity contribution is 6.01. The number of anilines is 1. The summed E-state index contributed by atoms with van der Waals surface area (Å²) in [5.41, 5.74) is 4.93. The van der Waals surface area contributed by atoms with Crippen molar-refractivity contribution >= 4 is 17.3 Å². The number of carbonyl (C=O) groups is 1. The third-order valence-electron chi connectivity index (χ3n) is 6.49. The molecule has 0 fully saturated rings. The second kappa shape index (κ2) is 10.2. The van der Waals surface area contributed by atoms with E-state index in [4.69, 9.17) is 19.0 Å². The van der Waals surface area contributed by atoms with Crippen molar-refractivity contribution in [2.24, 2.45) is 0 Å². The lowest BCUT2D eigenvalue weighted by molar-refractivity contribution is 0.244. The smallest absolute Gasteiger partial charge is 0.327 e. The van der Waals surface area contributed by atoms with E-state index in [1.54, 1.807) is 37.3 Å². The molecule has 8 heteroatoms. The van der Waals surface area contributed by atoms with Crippen LogP contribution in [0, 0.1) is 0 Å². The number of hydrogen-bond acceptors (Lipinski definition) is 6. The zero-order valence-corrected chi connectivity index (χ0v) is 21.2. The number of benzene rings is 3. The summed E-state index contributed by atoms with van der Waals surface area (Å²) in [5, 5.41) is 7.37. The van der Waals surface area contributed by atoms with Gasteiger partial charge in [-0.1, -0.05) is 66.7 Å². The number of hydrogen-bond donors (Lipinski definition) is 1. The summed E-state index contributed by atoms with van der Waals surface area (Å²) in [6.45, 7) is 3.98. The predicted octanol–water partition coefficient (Wildman–Crippen LogP) is 6.02. The molecule has 1 N–H and O–H groups in total. The van der Waals surface area contributed by atoms with E-state index in [1.807, 2.05) is 49.4 Å². The Kier molecular flexibility index (Phi) is 6.64. The van der Waals surface area contributed by atoms with Gasteiger partial charge < -0.3 is 19.3 Å². The zero-order valence-electron chi connectivity index (χ0n) is 21.2. The Bertz CT molecular complexity index is 1420. The normalized spacial score (nSPS) is 15.5. The van der Waals surface area contributed by atoms with Crippen molar-refractivity contribution in [2.45, 2.75) is 26.3 Å². The fraction of sp³-hybridized carbons (Fsp3) is 0.207. The molecule has 5 rings (SSSR count). The molecule has 3 aromatic carbocycles. The van der Waals surface area contributed by atoms with Crippen LogP contribution in [0.15, 0.2) is 83.0 Å². The number of methoxy groups -OCH3 is 2. The summed E-state index contributed by atoms with van der Waals surface area (Å²) < 4.78 is 16.7. The van der Waals surface area contributed by atoms with Crippen molar-refractivity contribution in [3.63, 3.8) is 0 Å². The first kappa shape index (κ1) is 24.1. The average Bonchev–Trinajstić information content (AvgIpc) is 3.43. The molecule has 1 atom stereocenters. The molecular formula is C29H28N4O4. The minimum absolute atomic E-state index is 0.288. The van der Waals surface area contributed by atoms with Gasteiger partial charge in [-0.2, -0.15) is 4.98 Å². The van der Waals surface area contributed by atoms with E-state index in [0.29, 0.717) is 40.2 Å². The number of ether oxygens (including phenoxy) is 2. The van der Waals surface area contributed by atoms with Gasteiger partial charge in [0.05, 0.1) is 31.5 Å². The average molecular weight is 497 g/mol. The molecule has 4 aromatic rings. The fourth-order valence-electron chi connectivity index (χ4n) is 4.49. The van der Waals surface area contributed by atoms with Gasteiger partial charge in [0.25, 0.3) is 5.89 Å². The summed E-state index contributed by atoms with van der Waals surface area (Å²) in [7, 11) is 3.14. The molecule has 1 aliphatic rings. The van der Waals surface area contributed by atoms with Gasteiger partial charge in [-0.05, 0) is 24.5 Å². The van der Waals surface area contributed by atoms with Crippen molar-refractivity contribution in [3.05, 3.63) is 95.5 Å². The molecule has 2 heterocycles. The number of urea groups is 1. The van der Waals surface area contributed by atoms with Gasteiger partial charge in [-0.15, -0.1) is 0 Å². The van der Waals surface area contributed by atoms with Gasteiger partial charge in [0.1, 0.15) is 11.5 Å². The van der Waals surface area contributed by atoms with Crippen LogP contribution in [-0.2, 0) is 6.42 Å². The van der Waals surface area contributed by atoms with E-state index >= 15 is 0 Å². The molecule has 37 heavy (non-hydrogen) atoms. The molecule has 1 aliphatic heterocycles. The number of rotatable bonds is 7. The molecule has 188 valence electrons. The highest BCUT2D eigenvalue weighted by Gasteiger charge is 2.37. The van der Waals surface area contributed by atoms with Crippen molar-refractivity contribution in [3.8, 4) is 22.9 Å². The number of nitrogens with zero attached hydrogens (tertiary/aromatic N) is 3. The van der Waals surface area contributed by atoms with Gasteiger partial charge in [0, 0.05) is 29.5 Å². The quantitative estimate of drug-likeness (QED) is 0.337. The van der Waals surface area contributed by atoms with Gasteiger partial charge >= 0.3 is 6.03 Å². The molecule has 8 nitrogen and oxygen atoms in total. The van der Waals surface area contributed by atoms with Crippen molar-refractivity contribution in [1.29, 1.82) is 0 Å². The summed E-state index contributed by atoms with van der Waals surface area (Å²) in [4.78, 5) is 19.8. The molecule has 0 radical (unpaired) electrons. The lowest BCUT2D eigenvalue weighted by Crippen LogP contribution is -2.46. The Morgan fingerprint density at radius 1 is 0.973 bits per heavy atom. The summed E-state index contributed by atoms with van der Waals surface area (Å²) in [5.74, 6) is 1.94. The van der Waals surface area contributed by atoms with E-state index in [2.05, 4.69) is 29.5 Å². The first-order valence-electron chi connectivity index (χ1n) is 12.0. The number of nitrogens with one attached hydrogen (secondary N) is 1. The van der Waals surface area contributed by atoms with Crippen LogP contribution in [0.5, 0.6) is 11.5 Å². The fourth-order valence-corrected chi connectivity index (χ4v) is 4.49. The van der Waals surface area contributed by atoms with Crippen molar-refractivity contribution < 1.29 is 18.8 Å². The molecule has 0 bridgehead atoms.